The topological polar surface area (TPSA) is 117 Å². The monoisotopic (exact) mass is 415 g/mol. The quantitative estimate of drug-likeness (QED) is 0.614. The van der Waals surface area contributed by atoms with Crippen molar-refractivity contribution in [3.05, 3.63) is 72.1 Å². The molecule has 3 aromatic rings. The molecule has 1 N–H and O–H groups in total. The number of nitrogens with zero attached hydrogens (tertiary/aromatic N) is 2. The summed E-state index contributed by atoms with van der Waals surface area (Å²) in [6.45, 7) is 0. The van der Waals surface area contributed by atoms with E-state index in [4.69, 9.17) is 0 Å². The average Bonchev–Trinajstić information content (AvgIpc) is 3.27. The van der Waals surface area contributed by atoms with Crippen LogP contribution in [0.5, 0.6) is 0 Å². The lowest BCUT2D eigenvalue weighted by molar-refractivity contribution is 0.0598. The number of anilines is 1. The summed E-state index contributed by atoms with van der Waals surface area (Å²) in [5.41, 5.74) is 0.560. The Labute approximate surface area is 166 Å². The number of rotatable bonds is 6. The molecule has 0 radical (unpaired) electrons. The van der Waals surface area contributed by atoms with Crippen molar-refractivity contribution in [3.8, 4) is 5.69 Å². The highest BCUT2D eigenvalue weighted by Gasteiger charge is 2.22. The molecule has 0 saturated carbocycles. The van der Waals surface area contributed by atoms with Gasteiger partial charge in [-0.1, -0.05) is 12.1 Å². The molecule has 1 aromatic heterocycles. The Morgan fingerprint density at radius 3 is 2.14 bits per heavy atom. The lowest BCUT2D eigenvalue weighted by Gasteiger charge is -2.14. The van der Waals surface area contributed by atoms with Crippen molar-refractivity contribution < 1.29 is 27.5 Å². The van der Waals surface area contributed by atoms with Crippen molar-refractivity contribution >= 4 is 27.6 Å². The molecule has 9 nitrogen and oxygen atoms in total. The number of nitrogens with one attached hydrogen (secondary N) is 1. The molecule has 0 aliphatic rings. The van der Waals surface area contributed by atoms with Crippen LogP contribution in [0.2, 0.25) is 0 Å². The molecule has 0 fully saturated rings. The molecule has 0 atom stereocenters. The molecule has 150 valence electrons. The maximum absolute atomic E-state index is 13.0. The molecule has 0 aliphatic heterocycles. The molecule has 0 unspecified atom stereocenters. The van der Waals surface area contributed by atoms with E-state index in [1.807, 2.05) is 0 Å². The van der Waals surface area contributed by atoms with Gasteiger partial charge in [0.15, 0.2) is 0 Å². The lowest BCUT2D eigenvalue weighted by Crippen LogP contribution is -2.17. The Morgan fingerprint density at radius 1 is 0.966 bits per heavy atom. The van der Waals surface area contributed by atoms with E-state index < -0.39 is 22.0 Å². The zero-order valence-corrected chi connectivity index (χ0v) is 16.3. The number of benzene rings is 2. The Bertz CT molecular complexity index is 1120. The molecule has 2 aromatic carbocycles. The third-order valence-corrected chi connectivity index (χ3v) is 5.30. The van der Waals surface area contributed by atoms with Gasteiger partial charge in [0.25, 0.3) is 10.0 Å². The number of carbonyl (C=O) groups excluding carboxylic acids is 2. The van der Waals surface area contributed by atoms with Crippen LogP contribution < -0.4 is 4.72 Å². The van der Waals surface area contributed by atoms with Crippen LogP contribution in [0.1, 0.15) is 20.7 Å². The van der Waals surface area contributed by atoms with Crippen LogP contribution in [-0.4, -0.2) is 44.4 Å². The van der Waals surface area contributed by atoms with Crippen molar-refractivity contribution in [1.82, 2.24) is 9.78 Å². The fourth-order valence-corrected chi connectivity index (χ4v) is 3.74. The Morgan fingerprint density at radius 2 is 1.59 bits per heavy atom. The number of hydrogen-bond donors (Lipinski definition) is 1. The molecule has 29 heavy (non-hydrogen) atoms. The van der Waals surface area contributed by atoms with Crippen molar-refractivity contribution in [1.29, 1.82) is 0 Å². The van der Waals surface area contributed by atoms with E-state index in [9.17, 15) is 18.0 Å². The largest absolute Gasteiger partial charge is 0.465 e. The van der Waals surface area contributed by atoms with E-state index in [0.717, 1.165) is 26.4 Å². The van der Waals surface area contributed by atoms with E-state index in [0.29, 0.717) is 5.69 Å². The van der Waals surface area contributed by atoms with Crippen LogP contribution in [0, 0.1) is 0 Å². The van der Waals surface area contributed by atoms with E-state index in [1.165, 1.54) is 10.7 Å². The van der Waals surface area contributed by atoms with Gasteiger partial charge in [0.05, 0.1) is 41.6 Å². The van der Waals surface area contributed by atoms with E-state index in [2.05, 4.69) is 19.3 Å². The zero-order valence-electron chi connectivity index (χ0n) is 15.5. The van der Waals surface area contributed by atoms with Crippen molar-refractivity contribution in [2.75, 3.05) is 18.9 Å². The van der Waals surface area contributed by atoms with Crippen molar-refractivity contribution in [2.24, 2.45) is 0 Å². The number of carbonyl (C=O) groups is 2. The number of methoxy groups -OCH3 is 2. The van der Waals surface area contributed by atoms with Crippen LogP contribution in [-0.2, 0) is 19.5 Å². The molecule has 10 heteroatoms. The second kappa shape index (κ2) is 8.15. The van der Waals surface area contributed by atoms with Crippen LogP contribution in [0.15, 0.2) is 65.8 Å². The molecule has 0 amide bonds. The SMILES string of the molecule is COC(=O)c1cc(C(=O)OC)cc(S(=O)(=O)Nc2ccccc2-n2cccn2)c1. The van der Waals surface area contributed by atoms with Crippen LogP contribution in [0.25, 0.3) is 5.69 Å². The number of sulfonamides is 1. The van der Waals surface area contributed by atoms with Gasteiger partial charge in [0.1, 0.15) is 0 Å². The first-order valence-corrected chi connectivity index (χ1v) is 9.77. The summed E-state index contributed by atoms with van der Waals surface area (Å²) in [6.07, 6.45) is 3.23. The Kier molecular flexibility index (Phi) is 5.64. The summed E-state index contributed by atoms with van der Waals surface area (Å²) in [4.78, 5) is 23.5. The molecule has 0 saturated heterocycles. The fraction of sp³-hybridized carbons (Fsp3) is 0.105. The molecule has 3 rings (SSSR count). The number of para-hydroxylation sites is 2. The van der Waals surface area contributed by atoms with Gasteiger partial charge in [0, 0.05) is 12.4 Å². The van der Waals surface area contributed by atoms with Crippen molar-refractivity contribution in [3.63, 3.8) is 0 Å². The second-order valence-corrected chi connectivity index (χ2v) is 7.48. The molecular weight excluding hydrogens is 398 g/mol. The summed E-state index contributed by atoms with van der Waals surface area (Å²) in [6, 6.07) is 11.8. The lowest BCUT2D eigenvalue weighted by atomic mass is 10.1. The van der Waals surface area contributed by atoms with Gasteiger partial charge in [-0.2, -0.15) is 5.10 Å². The molecule has 1 heterocycles. The first kappa shape index (κ1) is 20.1. The highest BCUT2D eigenvalue weighted by molar-refractivity contribution is 7.92. The Hall–Kier alpha value is -3.66. The minimum absolute atomic E-state index is 0.101. The first-order chi connectivity index (χ1) is 13.9. The summed E-state index contributed by atoms with van der Waals surface area (Å²) < 4.78 is 39.3. The zero-order chi connectivity index (χ0) is 21.0. The van der Waals surface area contributed by atoms with Gasteiger partial charge >= 0.3 is 11.9 Å². The molecule has 0 spiro atoms. The van der Waals surface area contributed by atoms with Gasteiger partial charge in [-0.3, -0.25) is 4.72 Å². The predicted molar refractivity (Wildman–Crippen MR) is 103 cm³/mol. The maximum atomic E-state index is 13.0. The first-order valence-electron chi connectivity index (χ1n) is 8.29. The van der Waals surface area contributed by atoms with Gasteiger partial charge in [-0.15, -0.1) is 0 Å². The summed E-state index contributed by atoms with van der Waals surface area (Å²) in [5.74, 6) is -1.58. The highest BCUT2D eigenvalue weighted by Crippen LogP contribution is 2.24. The number of hydrogen-bond acceptors (Lipinski definition) is 7. The third kappa shape index (κ3) is 4.27. The van der Waals surface area contributed by atoms with E-state index >= 15 is 0 Å². The number of ether oxygens (including phenoxy) is 2. The predicted octanol–water partition coefficient (Wildman–Crippen LogP) is 2.25. The van der Waals surface area contributed by atoms with Gasteiger partial charge < -0.3 is 9.47 Å². The number of esters is 2. The van der Waals surface area contributed by atoms with Gasteiger partial charge in [-0.05, 0) is 36.4 Å². The normalized spacial score (nSPS) is 11.0. The maximum Gasteiger partial charge on any atom is 0.337 e. The highest BCUT2D eigenvalue weighted by atomic mass is 32.2. The second-order valence-electron chi connectivity index (χ2n) is 5.80. The Balaban J connectivity index is 2.07. The minimum atomic E-state index is -4.16. The van der Waals surface area contributed by atoms with Gasteiger partial charge in [0.2, 0.25) is 0 Å². The van der Waals surface area contributed by atoms with E-state index in [1.54, 1.807) is 42.7 Å². The summed E-state index contributed by atoms with van der Waals surface area (Å²) in [5, 5.41) is 4.11. The van der Waals surface area contributed by atoms with Crippen LogP contribution in [0.4, 0.5) is 5.69 Å². The van der Waals surface area contributed by atoms with Crippen LogP contribution in [0.3, 0.4) is 0 Å². The van der Waals surface area contributed by atoms with E-state index in [-0.39, 0.29) is 21.7 Å². The smallest absolute Gasteiger partial charge is 0.337 e. The number of aromatic nitrogens is 2. The van der Waals surface area contributed by atoms with Gasteiger partial charge in [-0.25, -0.2) is 22.7 Å². The minimum Gasteiger partial charge on any atom is -0.465 e. The fourth-order valence-electron chi connectivity index (χ4n) is 2.60. The van der Waals surface area contributed by atoms with Crippen molar-refractivity contribution in [2.45, 2.75) is 4.90 Å². The van der Waals surface area contributed by atoms with Crippen LogP contribution >= 0.6 is 0 Å². The summed E-state index contributed by atoms with van der Waals surface area (Å²) >= 11 is 0. The standard InChI is InChI=1S/C19H17N3O6S/c1-27-18(23)13-10-14(19(24)28-2)12-15(11-13)29(25,26)21-16-6-3-4-7-17(16)22-9-5-8-20-22/h3-12,21H,1-2H3. The summed E-state index contributed by atoms with van der Waals surface area (Å²) in [7, 11) is -1.86. The molecule has 0 bridgehead atoms. The molecule has 0 aliphatic carbocycles. The average molecular weight is 415 g/mol. The third-order valence-electron chi connectivity index (χ3n) is 3.96. The molecular formula is C19H17N3O6S.